The summed E-state index contributed by atoms with van der Waals surface area (Å²) in [6, 6.07) is 13.5. The van der Waals surface area contributed by atoms with E-state index in [0.29, 0.717) is 34.8 Å². The number of nitrogens with two attached hydrogens (primary N) is 1. The Morgan fingerprint density at radius 3 is 2.45 bits per heavy atom. The number of hydrogen-bond donors (Lipinski definition) is 5. The normalized spacial score (nSPS) is 10.7. The van der Waals surface area contributed by atoms with Crippen molar-refractivity contribution < 1.29 is 14.7 Å². The van der Waals surface area contributed by atoms with Crippen molar-refractivity contribution in [1.82, 2.24) is 14.4 Å². The highest BCUT2D eigenvalue weighted by Crippen LogP contribution is 2.20. The lowest BCUT2D eigenvalue weighted by molar-refractivity contribution is 0.102. The molecule has 0 aliphatic rings. The van der Waals surface area contributed by atoms with Crippen LogP contribution in [0.3, 0.4) is 0 Å². The Balaban J connectivity index is 1.40. The number of amides is 3. The van der Waals surface area contributed by atoms with Crippen molar-refractivity contribution >= 4 is 40.3 Å². The van der Waals surface area contributed by atoms with Crippen LogP contribution in [0, 0.1) is 6.92 Å². The average molecular weight is 445 g/mol. The van der Waals surface area contributed by atoms with Crippen molar-refractivity contribution in [1.29, 1.82) is 0 Å². The fourth-order valence-electron chi connectivity index (χ4n) is 3.43. The third kappa shape index (κ3) is 4.91. The van der Waals surface area contributed by atoms with Gasteiger partial charge in [-0.05, 0) is 55.3 Å². The van der Waals surface area contributed by atoms with Crippen LogP contribution in [-0.2, 0) is 6.42 Å². The van der Waals surface area contributed by atoms with Crippen LogP contribution in [0.25, 0.3) is 5.52 Å². The van der Waals surface area contributed by atoms with Crippen molar-refractivity contribution in [2.24, 2.45) is 0 Å². The molecule has 0 saturated heterocycles. The zero-order valence-electron chi connectivity index (χ0n) is 17.9. The van der Waals surface area contributed by atoms with E-state index in [2.05, 4.69) is 25.9 Å². The molecule has 3 amide bonds. The molecule has 0 radical (unpaired) electrons. The van der Waals surface area contributed by atoms with Crippen LogP contribution >= 0.6 is 0 Å². The maximum atomic E-state index is 12.8. The van der Waals surface area contributed by atoms with Crippen LogP contribution in [0.4, 0.5) is 27.7 Å². The number of imidazole rings is 1. The number of anilines is 4. The summed E-state index contributed by atoms with van der Waals surface area (Å²) < 4.78 is 1.71. The van der Waals surface area contributed by atoms with E-state index in [0.717, 1.165) is 5.56 Å². The molecule has 0 spiro atoms. The summed E-state index contributed by atoms with van der Waals surface area (Å²) in [5, 5.41) is 17.3. The predicted molar refractivity (Wildman–Crippen MR) is 126 cm³/mol. The smallest absolute Gasteiger partial charge is 0.323 e. The van der Waals surface area contributed by atoms with Crippen LogP contribution in [0.15, 0.2) is 60.9 Å². The number of aryl methyl sites for hydroxylation is 1. The summed E-state index contributed by atoms with van der Waals surface area (Å²) in [6.45, 7) is 1.82. The van der Waals surface area contributed by atoms with Crippen LogP contribution in [0.2, 0.25) is 0 Å². The minimum Gasteiger partial charge on any atom is -0.396 e. The third-order valence-corrected chi connectivity index (χ3v) is 4.96. The van der Waals surface area contributed by atoms with Gasteiger partial charge in [-0.2, -0.15) is 0 Å². The Morgan fingerprint density at radius 1 is 1.03 bits per heavy atom. The third-order valence-electron chi connectivity index (χ3n) is 4.96. The highest BCUT2D eigenvalue weighted by molar-refractivity contribution is 6.09. The fraction of sp³-hybridized carbons (Fsp3) is 0.130. The van der Waals surface area contributed by atoms with Gasteiger partial charge in [0.05, 0.1) is 0 Å². The van der Waals surface area contributed by atoms with Gasteiger partial charge in [0.15, 0.2) is 5.69 Å². The summed E-state index contributed by atoms with van der Waals surface area (Å²) in [7, 11) is 0. The molecule has 33 heavy (non-hydrogen) atoms. The molecule has 0 aliphatic carbocycles. The maximum absolute atomic E-state index is 12.8. The molecule has 0 bridgehead atoms. The molecule has 2 heterocycles. The second-order valence-electron chi connectivity index (χ2n) is 7.32. The van der Waals surface area contributed by atoms with E-state index < -0.39 is 11.9 Å². The number of aliphatic hydroxyl groups excluding tert-OH is 1. The van der Waals surface area contributed by atoms with Gasteiger partial charge in [0.25, 0.3) is 5.91 Å². The fourth-order valence-corrected chi connectivity index (χ4v) is 3.43. The first-order valence-corrected chi connectivity index (χ1v) is 10.2. The molecule has 10 heteroatoms. The minimum atomic E-state index is -0.415. The number of hydrogen-bond acceptors (Lipinski definition) is 6. The van der Waals surface area contributed by atoms with Gasteiger partial charge in [-0.25, -0.2) is 14.8 Å². The van der Waals surface area contributed by atoms with Gasteiger partial charge in [0.2, 0.25) is 0 Å². The van der Waals surface area contributed by atoms with E-state index in [1.54, 1.807) is 60.1 Å². The maximum Gasteiger partial charge on any atom is 0.323 e. The summed E-state index contributed by atoms with van der Waals surface area (Å²) in [5.41, 5.74) is 9.20. The number of benzene rings is 2. The number of nitrogen functional groups attached to an aromatic ring is 1. The van der Waals surface area contributed by atoms with Crippen molar-refractivity contribution in [3.63, 3.8) is 0 Å². The lowest BCUT2D eigenvalue weighted by atomic mass is 10.1. The van der Waals surface area contributed by atoms with Gasteiger partial charge in [0, 0.05) is 36.1 Å². The van der Waals surface area contributed by atoms with E-state index in [4.69, 9.17) is 10.8 Å². The number of nitrogens with one attached hydrogen (secondary N) is 3. The highest BCUT2D eigenvalue weighted by Gasteiger charge is 2.18. The molecule has 0 saturated carbocycles. The monoisotopic (exact) mass is 445 g/mol. The first-order chi connectivity index (χ1) is 15.9. The molecule has 168 valence electrons. The van der Waals surface area contributed by atoms with Crippen LogP contribution in [-0.4, -0.2) is 38.0 Å². The van der Waals surface area contributed by atoms with Crippen LogP contribution in [0.5, 0.6) is 0 Å². The Kier molecular flexibility index (Phi) is 6.18. The molecule has 4 aromatic rings. The van der Waals surface area contributed by atoms with Crippen LogP contribution < -0.4 is 21.7 Å². The van der Waals surface area contributed by atoms with Gasteiger partial charge in [-0.15, -0.1) is 0 Å². The molecular weight excluding hydrogens is 422 g/mol. The predicted octanol–water partition coefficient (Wildman–Crippen LogP) is 3.05. The standard InChI is InChI=1S/C23H23N7O3/c1-14-26-19(20-21(24)25-10-11-30(14)20)22(32)27-16-5-7-17(8-6-16)28-23(33)29-18-4-2-3-15(13-18)9-12-31/h2-8,10-11,13,31H,9,12H2,1H3,(H2,24,25)(H,27,32)(H2,28,29,33). The van der Waals surface area contributed by atoms with Crippen molar-refractivity contribution in [3.05, 3.63) is 78.0 Å². The molecule has 4 rings (SSSR count). The molecule has 2 aromatic carbocycles. The van der Waals surface area contributed by atoms with Crippen molar-refractivity contribution in [2.45, 2.75) is 13.3 Å². The van der Waals surface area contributed by atoms with E-state index >= 15 is 0 Å². The lowest BCUT2D eigenvalue weighted by Crippen LogP contribution is -2.19. The number of urea groups is 1. The zero-order chi connectivity index (χ0) is 23.4. The average Bonchev–Trinajstić information content (AvgIpc) is 3.14. The van der Waals surface area contributed by atoms with Gasteiger partial charge < -0.3 is 26.8 Å². The molecule has 2 aromatic heterocycles. The molecule has 0 aliphatic heterocycles. The molecule has 0 unspecified atom stereocenters. The highest BCUT2D eigenvalue weighted by atomic mass is 16.3. The van der Waals surface area contributed by atoms with Gasteiger partial charge in [-0.1, -0.05) is 12.1 Å². The molecule has 10 nitrogen and oxygen atoms in total. The number of carbonyl (C=O) groups excluding carboxylic acids is 2. The number of carbonyl (C=O) groups is 2. The summed E-state index contributed by atoms with van der Waals surface area (Å²) in [5.74, 6) is 0.425. The van der Waals surface area contributed by atoms with Crippen molar-refractivity contribution in [2.75, 3.05) is 28.3 Å². The zero-order valence-corrected chi connectivity index (χ0v) is 17.9. The van der Waals surface area contributed by atoms with Crippen LogP contribution in [0.1, 0.15) is 21.9 Å². The second-order valence-corrected chi connectivity index (χ2v) is 7.32. The SMILES string of the molecule is Cc1nc(C(=O)Nc2ccc(NC(=O)Nc3cccc(CCO)c3)cc2)c2c(N)nccn12. The van der Waals surface area contributed by atoms with Crippen molar-refractivity contribution in [3.8, 4) is 0 Å². The van der Waals surface area contributed by atoms with Gasteiger partial charge in [0.1, 0.15) is 17.2 Å². The molecular formula is C23H23N7O3. The molecule has 0 fully saturated rings. The molecule has 6 N–H and O–H groups in total. The first-order valence-electron chi connectivity index (χ1n) is 10.2. The topological polar surface area (TPSA) is 147 Å². The van der Waals surface area contributed by atoms with E-state index in [1.807, 2.05) is 12.1 Å². The quantitative estimate of drug-likeness (QED) is 0.308. The van der Waals surface area contributed by atoms with Gasteiger partial charge in [-0.3, -0.25) is 9.20 Å². The Bertz CT molecular complexity index is 1320. The Morgan fingerprint density at radius 2 is 1.73 bits per heavy atom. The molecule has 0 atom stereocenters. The Hall–Kier alpha value is -4.44. The summed E-state index contributed by atoms with van der Waals surface area (Å²) >= 11 is 0. The largest absolute Gasteiger partial charge is 0.396 e. The lowest BCUT2D eigenvalue weighted by Gasteiger charge is -2.10. The van der Waals surface area contributed by atoms with E-state index in [9.17, 15) is 9.59 Å². The summed E-state index contributed by atoms with van der Waals surface area (Å²) in [4.78, 5) is 33.4. The second kappa shape index (κ2) is 9.37. The van der Waals surface area contributed by atoms with E-state index in [-0.39, 0.29) is 18.1 Å². The number of aliphatic hydroxyl groups is 1. The first kappa shape index (κ1) is 21.8. The number of fused-ring (bicyclic) bond motifs is 1. The Labute approximate surface area is 189 Å². The number of rotatable bonds is 6. The van der Waals surface area contributed by atoms with Gasteiger partial charge >= 0.3 is 6.03 Å². The summed E-state index contributed by atoms with van der Waals surface area (Å²) in [6.07, 6.45) is 3.76. The number of nitrogens with zero attached hydrogens (tertiary/aromatic N) is 3. The number of aromatic nitrogens is 3. The van der Waals surface area contributed by atoms with E-state index in [1.165, 1.54) is 0 Å². The minimum absolute atomic E-state index is 0.0410.